The number of aromatic nitrogens is 2. The molecule has 0 saturated heterocycles. The van der Waals surface area contributed by atoms with E-state index in [1.54, 1.807) is 38.5 Å². The Hall–Kier alpha value is -4.27. The first-order valence-electron chi connectivity index (χ1n) is 9.29. The number of fused-ring (bicyclic) bond motifs is 1. The molecule has 0 aliphatic rings. The largest absolute Gasteiger partial charge is 0.496 e. The second kappa shape index (κ2) is 8.62. The number of aromatic carboxylic acids is 1. The van der Waals surface area contributed by atoms with Gasteiger partial charge in [-0.3, -0.25) is 0 Å². The predicted molar refractivity (Wildman–Crippen MR) is 112 cm³/mol. The number of rotatable bonds is 8. The SMILES string of the molecule is COc1cccc(OC)c1CNc1nc2ccc(Oc3ccnc(C(=O)O)c3)cc2o1. The Morgan fingerprint density at radius 3 is 2.52 bits per heavy atom. The minimum atomic E-state index is -1.13. The molecule has 0 aliphatic heterocycles. The van der Waals surface area contributed by atoms with E-state index >= 15 is 0 Å². The molecule has 0 bridgehead atoms. The van der Waals surface area contributed by atoms with Gasteiger partial charge in [-0.25, -0.2) is 9.78 Å². The zero-order valence-corrected chi connectivity index (χ0v) is 16.8. The van der Waals surface area contributed by atoms with Gasteiger partial charge in [-0.05, 0) is 30.3 Å². The summed E-state index contributed by atoms with van der Waals surface area (Å²) in [6, 6.07) is 14.0. The maximum Gasteiger partial charge on any atom is 0.354 e. The fourth-order valence-electron chi connectivity index (χ4n) is 3.04. The first-order valence-corrected chi connectivity index (χ1v) is 9.29. The molecular formula is C22H19N3O6. The number of anilines is 1. The number of nitrogens with one attached hydrogen (secondary N) is 1. The second-order valence-corrected chi connectivity index (χ2v) is 6.43. The molecule has 0 unspecified atom stereocenters. The summed E-state index contributed by atoms with van der Waals surface area (Å²) in [5.74, 6) is 1.09. The van der Waals surface area contributed by atoms with Crippen LogP contribution in [0, 0.1) is 0 Å². The van der Waals surface area contributed by atoms with E-state index in [2.05, 4.69) is 15.3 Å². The van der Waals surface area contributed by atoms with Crippen molar-refractivity contribution < 1.29 is 28.5 Å². The summed E-state index contributed by atoms with van der Waals surface area (Å²) in [5.41, 5.74) is 1.89. The highest BCUT2D eigenvalue weighted by molar-refractivity contribution is 5.85. The molecule has 158 valence electrons. The van der Waals surface area contributed by atoms with Crippen molar-refractivity contribution in [2.75, 3.05) is 19.5 Å². The number of hydrogen-bond acceptors (Lipinski definition) is 8. The molecule has 2 aromatic heterocycles. The fourth-order valence-corrected chi connectivity index (χ4v) is 3.04. The van der Waals surface area contributed by atoms with Crippen molar-refractivity contribution in [2.24, 2.45) is 0 Å². The van der Waals surface area contributed by atoms with Gasteiger partial charge in [-0.1, -0.05) is 6.07 Å². The van der Waals surface area contributed by atoms with Crippen LogP contribution in [-0.4, -0.2) is 35.3 Å². The molecule has 0 fully saturated rings. The molecule has 4 aromatic rings. The normalized spacial score (nSPS) is 10.6. The van der Waals surface area contributed by atoms with E-state index in [0.29, 0.717) is 46.7 Å². The number of carboxylic acid groups (broad SMARTS) is 1. The Bertz CT molecular complexity index is 1210. The van der Waals surface area contributed by atoms with E-state index in [-0.39, 0.29) is 5.69 Å². The summed E-state index contributed by atoms with van der Waals surface area (Å²) in [7, 11) is 3.20. The monoisotopic (exact) mass is 421 g/mol. The standard InChI is InChI=1S/C22H19N3O6/c1-28-18-4-3-5-19(29-2)15(18)12-24-22-25-16-7-6-13(11-20(16)31-22)30-14-8-9-23-17(10-14)21(26)27/h3-11H,12H2,1-2H3,(H,24,25)(H,26,27). The quantitative estimate of drug-likeness (QED) is 0.428. The van der Waals surface area contributed by atoms with Gasteiger partial charge in [0.25, 0.3) is 6.01 Å². The lowest BCUT2D eigenvalue weighted by Crippen LogP contribution is -2.04. The Labute approximate surface area is 177 Å². The minimum Gasteiger partial charge on any atom is -0.496 e. The van der Waals surface area contributed by atoms with Crippen molar-refractivity contribution in [2.45, 2.75) is 6.54 Å². The van der Waals surface area contributed by atoms with E-state index in [9.17, 15) is 4.79 Å². The molecule has 0 radical (unpaired) electrons. The van der Waals surface area contributed by atoms with Crippen molar-refractivity contribution >= 4 is 23.1 Å². The van der Waals surface area contributed by atoms with Crippen LogP contribution in [0.4, 0.5) is 6.01 Å². The lowest BCUT2D eigenvalue weighted by molar-refractivity contribution is 0.0690. The van der Waals surface area contributed by atoms with Crippen LogP contribution in [0.3, 0.4) is 0 Å². The van der Waals surface area contributed by atoms with Crippen LogP contribution < -0.4 is 19.5 Å². The smallest absolute Gasteiger partial charge is 0.354 e. The van der Waals surface area contributed by atoms with Crippen LogP contribution in [0.15, 0.2) is 59.1 Å². The van der Waals surface area contributed by atoms with E-state index in [4.69, 9.17) is 23.7 Å². The summed E-state index contributed by atoms with van der Waals surface area (Å²) in [6.07, 6.45) is 1.37. The summed E-state index contributed by atoms with van der Waals surface area (Å²) >= 11 is 0. The van der Waals surface area contributed by atoms with Crippen LogP contribution >= 0.6 is 0 Å². The molecule has 0 aliphatic carbocycles. The Balaban J connectivity index is 1.52. The summed E-state index contributed by atoms with van der Waals surface area (Å²) in [5, 5.41) is 12.2. The van der Waals surface area contributed by atoms with Crippen molar-refractivity contribution in [1.82, 2.24) is 9.97 Å². The van der Waals surface area contributed by atoms with Crippen molar-refractivity contribution in [3.05, 3.63) is 66.0 Å². The number of pyridine rings is 1. The topological polar surface area (TPSA) is 116 Å². The number of carbonyl (C=O) groups is 1. The summed E-state index contributed by atoms with van der Waals surface area (Å²) in [6.45, 7) is 0.387. The molecular weight excluding hydrogens is 402 g/mol. The molecule has 2 N–H and O–H groups in total. The molecule has 0 saturated carbocycles. The van der Waals surface area contributed by atoms with E-state index in [1.165, 1.54) is 12.3 Å². The number of nitrogens with zero attached hydrogens (tertiary/aromatic N) is 2. The number of hydrogen-bond donors (Lipinski definition) is 2. The molecule has 2 heterocycles. The van der Waals surface area contributed by atoms with Gasteiger partial charge in [-0.2, -0.15) is 4.98 Å². The van der Waals surface area contributed by atoms with Gasteiger partial charge in [0, 0.05) is 18.3 Å². The number of methoxy groups -OCH3 is 2. The molecule has 31 heavy (non-hydrogen) atoms. The highest BCUT2D eigenvalue weighted by atomic mass is 16.5. The second-order valence-electron chi connectivity index (χ2n) is 6.43. The Morgan fingerprint density at radius 1 is 1.06 bits per heavy atom. The van der Waals surface area contributed by atoms with Gasteiger partial charge < -0.3 is 29.1 Å². The highest BCUT2D eigenvalue weighted by Crippen LogP contribution is 2.31. The third-order valence-corrected chi connectivity index (χ3v) is 4.49. The predicted octanol–water partition coefficient (Wildman–Crippen LogP) is 4.34. The molecule has 9 nitrogen and oxygen atoms in total. The lowest BCUT2D eigenvalue weighted by Gasteiger charge is -2.12. The lowest BCUT2D eigenvalue weighted by atomic mass is 10.1. The zero-order chi connectivity index (χ0) is 21.8. The highest BCUT2D eigenvalue weighted by Gasteiger charge is 2.13. The molecule has 0 atom stereocenters. The van der Waals surface area contributed by atoms with Crippen molar-refractivity contribution in [1.29, 1.82) is 0 Å². The van der Waals surface area contributed by atoms with Crippen LogP contribution in [0.1, 0.15) is 16.1 Å². The third kappa shape index (κ3) is 4.35. The zero-order valence-electron chi connectivity index (χ0n) is 16.8. The van der Waals surface area contributed by atoms with Gasteiger partial charge in [0.05, 0.1) is 26.3 Å². The van der Waals surface area contributed by atoms with Crippen LogP contribution in [0.5, 0.6) is 23.0 Å². The number of carboxylic acids is 1. The molecule has 0 amide bonds. The van der Waals surface area contributed by atoms with Crippen LogP contribution in [-0.2, 0) is 6.54 Å². The number of ether oxygens (including phenoxy) is 3. The molecule has 4 rings (SSSR count). The maximum atomic E-state index is 11.1. The van der Waals surface area contributed by atoms with Crippen molar-refractivity contribution in [3.8, 4) is 23.0 Å². The summed E-state index contributed by atoms with van der Waals surface area (Å²) in [4.78, 5) is 19.3. The van der Waals surface area contributed by atoms with Crippen molar-refractivity contribution in [3.63, 3.8) is 0 Å². The first-order chi connectivity index (χ1) is 15.1. The Morgan fingerprint density at radius 2 is 1.81 bits per heavy atom. The van der Waals surface area contributed by atoms with Gasteiger partial charge in [0.1, 0.15) is 28.5 Å². The average Bonchev–Trinajstić information content (AvgIpc) is 3.19. The van der Waals surface area contributed by atoms with Gasteiger partial charge in [-0.15, -0.1) is 0 Å². The maximum absolute atomic E-state index is 11.1. The molecule has 9 heteroatoms. The minimum absolute atomic E-state index is 0.100. The van der Waals surface area contributed by atoms with Gasteiger partial charge in [0.15, 0.2) is 11.3 Å². The van der Waals surface area contributed by atoms with E-state index in [0.717, 1.165) is 5.56 Å². The van der Waals surface area contributed by atoms with E-state index in [1.807, 2.05) is 18.2 Å². The van der Waals surface area contributed by atoms with Gasteiger partial charge >= 0.3 is 5.97 Å². The third-order valence-electron chi connectivity index (χ3n) is 4.49. The Kier molecular flexibility index (Phi) is 5.57. The number of oxazole rings is 1. The number of benzene rings is 2. The first kappa shape index (κ1) is 20.0. The van der Waals surface area contributed by atoms with E-state index < -0.39 is 5.97 Å². The van der Waals surface area contributed by atoms with Gasteiger partial charge in [0.2, 0.25) is 0 Å². The average molecular weight is 421 g/mol. The fraction of sp³-hybridized carbons (Fsp3) is 0.136. The van der Waals surface area contributed by atoms with Crippen LogP contribution in [0.2, 0.25) is 0 Å². The molecule has 0 spiro atoms. The molecule has 2 aromatic carbocycles. The summed E-state index contributed by atoms with van der Waals surface area (Å²) < 4.78 is 22.3. The van der Waals surface area contributed by atoms with Crippen LogP contribution in [0.25, 0.3) is 11.1 Å².